The minimum atomic E-state index is -0.440. The van der Waals surface area contributed by atoms with E-state index in [1.165, 1.54) is 32.7 Å². The molecule has 0 spiro atoms. The van der Waals surface area contributed by atoms with Crippen LogP contribution in [0.15, 0.2) is 18.2 Å². The predicted octanol–water partition coefficient (Wildman–Crippen LogP) is 2.79. The van der Waals surface area contributed by atoms with Gasteiger partial charge in [0.15, 0.2) is 11.5 Å². The summed E-state index contributed by atoms with van der Waals surface area (Å²) in [5.74, 6) is -0.00331. The lowest BCUT2D eigenvalue weighted by atomic mass is 10.0. The van der Waals surface area contributed by atoms with Gasteiger partial charge in [0.2, 0.25) is 0 Å². The third-order valence-electron chi connectivity index (χ3n) is 4.51. The Morgan fingerprint density at radius 3 is 2.63 bits per heavy atom. The first kappa shape index (κ1) is 19.2. The molecule has 1 aliphatic rings. The topological polar surface area (TPSA) is 77.1 Å². The smallest absolute Gasteiger partial charge is 0.341 e. The number of carbonyl (C=O) groups excluding carboxylic acids is 2. The summed E-state index contributed by atoms with van der Waals surface area (Å²) in [4.78, 5) is 28.5. The van der Waals surface area contributed by atoms with Crippen molar-refractivity contribution in [1.82, 2.24) is 4.90 Å². The van der Waals surface area contributed by atoms with E-state index in [4.69, 9.17) is 14.2 Å². The number of ether oxygens (including phenoxy) is 3. The first-order valence-electron chi connectivity index (χ1n) is 8.43. The molecule has 0 saturated carbocycles. The maximum atomic E-state index is 12.9. The molecule has 8 heteroatoms. The number of methoxy groups -OCH3 is 3. The molecule has 3 rings (SSSR count). The zero-order valence-electron chi connectivity index (χ0n) is 15.8. The molecule has 1 aromatic heterocycles. The van der Waals surface area contributed by atoms with E-state index >= 15 is 0 Å². The predicted molar refractivity (Wildman–Crippen MR) is 103 cm³/mol. The quantitative estimate of drug-likeness (QED) is 0.791. The van der Waals surface area contributed by atoms with Crippen molar-refractivity contribution in [3.8, 4) is 11.5 Å². The molecular weight excluding hydrogens is 368 g/mol. The van der Waals surface area contributed by atoms with E-state index < -0.39 is 5.97 Å². The lowest BCUT2D eigenvalue weighted by molar-refractivity contribution is 0.0600. The molecule has 2 heterocycles. The highest BCUT2D eigenvalue weighted by Crippen LogP contribution is 2.38. The Bertz CT molecular complexity index is 877. The van der Waals surface area contributed by atoms with Crippen LogP contribution in [0.25, 0.3) is 0 Å². The van der Waals surface area contributed by atoms with Crippen LogP contribution in [-0.2, 0) is 17.7 Å². The Morgan fingerprint density at radius 2 is 1.96 bits per heavy atom. The van der Waals surface area contributed by atoms with E-state index in [0.717, 1.165) is 30.0 Å². The number of carbonyl (C=O) groups is 2. The zero-order chi connectivity index (χ0) is 19.6. The van der Waals surface area contributed by atoms with Crippen molar-refractivity contribution in [3.05, 3.63) is 39.8 Å². The number of hydrogen-bond acceptors (Lipinski definition) is 7. The van der Waals surface area contributed by atoms with E-state index in [2.05, 4.69) is 10.2 Å². The summed E-state index contributed by atoms with van der Waals surface area (Å²) < 4.78 is 15.5. The van der Waals surface area contributed by atoms with Crippen LogP contribution in [0.2, 0.25) is 0 Å². The van der Waals surface area contributed by atoms with E-state index in [9.17, 15) is 9.59 Å². The van der Waals surface area contributed by atoms with Gasteiger partial charge in [-0.05, 0) is 31.2 Å². The summed E-state index contributed by atoms with van der Waals surface area (Å²) >= 11 is 1.41. The Hall–Kier alpha value is -2.58. The second-order valence-corrected chi connectivity index (χ2v) is 7.29. The number of nitrogens with zero attached hydrogens (tertiary/aromatic N) is 1. The van der Waals surface area contributed by atoms with Crippen LogP contribution in [0.1, 0.15) is 31.2 Å². The molecule has 0 bridgehead atoms. The van der Waals surface area contributed by atoms with Crippen LogP contribution < -0.4 is 14.8 Å². The van der Waals surface area contributed by atoms with Gasteiger partial charge in [-0.2, -0.15) is 0 Å². The minimum absolute atomic E-state index is 0.330. The molecule has 1 N–H and O–H groups in total. The number of hydrogen-bond donors (Lipinski definition) is 1. The number of fused-ring (bicyclic) bond motifs is 1. The van der Waals surface area contributed by atoms with E-state index in [-0.39, 0.29) is 5.91 Å². The van der Waals surface area contributed by atoms with Gasteiger partial charge in [-0.25, -0.2) is 4.79 Å². The van der Waals surface area contributed by atoms with Gasteiger partial charge >= 0.3 is 5.97 Å². The first-order chi connectivity index (χ1) is 13.0. The molecule has 1 aliphatic heterocycles. The van der Waals surface area contributed by atoms with E-state index in [0.29, 0.717) is 27.6 Å². The summed E-state index contributed by atoms with van der Waals surface area (Å²) in [5.41, 5.74) is 1.73. The largest absolute Gasteiger partial charge is 0.493 e. The van der Waals surface area contributed by atoms with Crippen LogP contribution in [0, 0.1) is 0 Å². The second-order valence-electron chi connectivity index (χ2n) is 6.18. The standard InChI is InChI=1S/C19H22N2O5S/c1-21-9-8-11-14(10-21)27-18(15(11)19(23)26-4)20-17(22)12-6-5-7-13(24-2)16(12)25-3/h5-7H,8-10H2,1-4H3,(H,20,22). The molecule has 1 aromatic carbocycles. The molecule has 1 amide bonds. The fourth-order valence-electron chi connectivity index (χ4n) is 3.17. The number of thiophene rings is 1. The van der Waals surface area contributed by atoms with Crippen LogP contribution in [-0.4, -0.2) is 51.7 Å². The SMILES string of the molecule is COC(=O)c1c(NC(=O)c2cccc(OC)c2OC)sc2c1CCN(C)C2. The van der Waals surface area contributed by atoms with Crippen molar-refractivity contribution >= 4 is 28.2 Å². The molecule has 0 fully saturated rings. The fraction of sp³-hybridized carbons (Fsp3) is 0.368. The van der Waals surface area contributed by atoms with Crippen molar-refractivity contribution in [2.24, 2.45) is 0 Å². The third-order valence-corrected chi connectivity index (χ3v) is 5.64. The number of likely N-dealkylation sites (N-methyl/N-ethyl adjacent to an activating group) is 1. The molecule has 0 unspecified atom stereocenters. The Balaban J connectivity index is 1.99. The number of anilines is 1. The summed E-state index contributed by atoms with van der Waals surface area (Å²) in [7, 11) is 6.37. The normalized spacial score (nSPS) is 13.6. The summed E-state index contributed by atoms with van der Waals surface area (Å²) in [6.45, 7) is 1.59. The van der Waals surface area contributed by atoms with Crippen molar-refractivity contribution < 1.29 is 23.8 Å². The summed E-state index contributed by atoms with van der Waals surface area (Å²) in [6, 6.07) is 5.08. The molecule has 144 valence electrons. The van der Waals surface area contributed by atoms with Crippen LogP contribution in [0.5, 0.6) is 11.5 Å². The van der Waals surface area contributed by atoms with Gasteiger partial charge in [-0.1, -0.05) is 6.07 Å². The van der Waals surface area contributed by atoms with E-state index in [1.54, 1.807) is 18.2 Å². The maximum Gasteiger partial charge on any atom is 0.341 e. The average Bonchev–Trinajstić information content (AvgIpc) is 3.03. The first-order valence-corrected chi connectivity index (χ1v) is 9.25. The molecule has 0 aliphatic carbocycles. The van der Waals surface area contributed by atoms with Gasteiger partial charge in [0.25, 0.3) is 5.91 Å². The maximum absolute atomic E-state index is 12.9. The van der Waals surface area contributed by atoms with Crippen molar-refractivity contribution in [1.29, 1.82) is 0 Å². The fourth-order valence-corrected chi connectivity index (χ4v) is 4.48. The summed E-state index contributed by atoms with van der Waals surface area (Å²) in [6.07, 6.45) is 0.741. The zero-order valence-corrected chi connectivity index (χ0v) is 16.6. The van der Waals surface area contributed by atoms with E-state index in [1.807, 2.05) is 7.05 Å². The molecule has 0 saturated heterocycles. The minimum Gasteiger partial charge on any atom is -0.493 e. The molecule has 0 radical (unpaired) electrons. The monoisotopic (exact) mass is 390 g/mol. The number of esters is 1. The Labute approximate surface area is 161 Å². The summed E-state index contributed by atoms with van der Waals surface area (Å²) in [5, 5.41) is 3.36. The number of rotatable bonds is 5. The third kappa shape index (κ3) is 3.63. The number of para-hydroxylation sites is 1. The lowest BCUT2D eigenvalue weighted by Crippen LogP contribution is -2.26. The number of nitrogens with one attached hydrogen (secondary N) is 1. The van der Waals surface area contributed by atoms with Crippen LogP contribution >= 0.6 is 11.3 Å². The van der Waals surface area contributed by atoms with Crippen molar-refractivity contribution in [3.63, 3.8) is 0 Å². The van der Waals surface area contributed by atoms with Gasteiger partial charge in [0, 0.05) is 18.0 Å². The molecule has 27 heavy (non-hydrogen) atoms. The molecular formula is C19H22N2O5S. The van der Waals surface area contributed by atoms with Crippen LogP contribution in [0.3, 0.4) is 0 Å². The highest BCUT2D eigenvalue weighted by Gasteiger charge is 2.29. The highest BCUT2D eigenvalue weighted by atomic mass is 32.1. The average molecular weight is 390 g/mol. The molecule has 0 atom stereocenters. The van der Waals surface area contributed by atoms with Crippen LogP contribution in [0.4, 0.5) is 5.00 Å². The highest BCUT2D eigenvalue weighted by molar-refractivity contribution is 7.17. The van der Waals surface area contributed by atoms with Gasteiger partial charge < -0.3 is 24.4 Å². The Morgan fingerprint density at radius 1 is 1.19 bits per heavy atom. The van der Waals surface area contributed by atoms with Crippen molar-refractivity contribution in [2.75, 3.05) is 40.2 Å². The van der Waals surface area contributed by atoms with Gasteiger partial charge in [-0.3, -0.25) is 4.79 Å². The van der Waals surface area contributed by atoms with Gasteiger partial charge in [-0.15, -0.1) is 11.3 Å². The van der Waals surface area contributed by atoms with Gasteiger partial charge in [0.1, 0.15) is 5.00 Å². The molecule has 7 nitrogen and oxygen atoms in total. The number of amides is 1. The Kier molecular flexibility index (Phi) is 5.67. The van der Waals surface area contributed by atoms with Gasteiger partial charge in [0.05, 0.1) is 32.5 Å². The second kappa shape index (κ2) is 7.98. The van der Waals surface area contributed by atoms with Crippen molar-refractivity contribution in [2.45, 2.75) is 13.0 Å². The molecule has 2 aromatic rings. The number of benzene rings is 1. The lowest BCUT2D eigenvalue weighted by Gasteiger charge is -2.22.